The third-order valence-corrected chi connectivity index (χ3v) is 3.78. The zero-order valence-corrected chi connectivity index (χ0v) is 13.7. The molecule has 0 radical (unpaired) electrons. The van der Waals surface area contributed by atoms with Gasteiger partial charge in [0, 0.05) is 51.4 Å². The number of rotatable bonds is 6. The van der Waals surface area contributed by atoms with Gasteiger partial charge in [0.2, 0.25) is 17.7 Å². The van der Waals surface area contributed by atoms with Crippen LogP contribution in [0.3, 0.4) is 0 Å². The highest BCUT2D eigenvalue weighted by molar-refractivity contribution is 5.78. The topological polar surface area (TPSA) is 61.8 Å². The van der Waals surface area contributed by atoms with Gasteiger partial charge in [-0.3, -0.25) is 9.69 Å². The summed E-state index contributed by atoms with van der Waals surface area (Å²) in [4.78, 5) is 26.8. The Bertz CT molecular complexity index is 564. The average Bonchev–Trinajstić information content (AvgIpc) is 2.60. The smallest absolute Gasteiger partial charge is 0.236 e. The van der Waals surface area contributed by atoms with E-state index >= 15 is 0 Å². The lowest BCUT2D eigenvalue weighted by Crippen LogP contribution is -2.51. The van der Waals surface area contributed by atoms with Crippen LogP contribution in [0.2, 0.25) is 0 Å². The first-order valence-corrected chi connectivity index (χ1v) is 7.66. The molecule has 0 bridgehead atoms. The number of carbonyl (C=O) groups is 1. The van der Waals surface area contributed by atoms with Crippen LogP contribution in [0.15, 0.2) is 12.3 Å². The van der Waals surface area contributed by atoms with E-state index in [0.717, 1.165) is 6.54 Å². The SMILES string of the molecule is C#CCCN(C)CC(=O)N1CCN(c2nccc(OC)n2)CC1. The zero-order chi connectivity index (χ0) is 16.7. The Kier molecular flexibility index (Phi) is 6.18. The van der Waals surface area contributed by atoms with Crippen molar-refractivity contribution in [3.05, 3.63) is 12.3 Å². The Morgan fingerprint density at radius 2 is 2.17 bits per heavy atom. The summed E-state index contributed by atoms with van der Waals surface area (Å²) in [5.74, 6) is 3.91. The third kappa shape index (κ3) is 4.83. The maximum Gasteiger partial charge on any atom is 0.236 e. The molecule has 124 valence electrons. The van der Waals surface area contributed by atoms with Crippen molar-refractivity contribution in [2.24, 2.45) is 0 Å². The predicted octanol–water partition coefficient (Wildman–Crippen LogP) is 0.0889. The minimum absolute atomic E-state index is 0.135. The van der Waals surface area contributed by atoms with E-state index in [4.69, 9.17) is 11.2 Å². The Morgan fingerprint density at radius 3 is 2.83 bits per heavy atom. The highest BCUT2D eigenvalue weighted by Gasteiger charge is 2.23. The maximum absolute atomic E-state index is 12.3. The molecule has 0 aliphatic carbocycles. The van der Waals surface area contributed by atoms with Crippen molar-refractivity contribution in [2.75, 3.05) is 58.3 Å². The lowest BCUT2D eigenvalue weighted by molar-refractivity contribution is -0.132. The molecule has 0 N–H and O–H groups in total. The first kappa shape index (κ1) is 17.0. The molecule has 2 rings (SSSR count). The molecule has 7 nitrogen and oxygen atoms in total. The highest BCUT2D eigenvalue weighted by atomic mass is 16.5. The molecule has 1 saturated heterocycles. The molecule has 0 saturated carbocycles. The number of anilines is 1. The number of ether oxygens (including phenoxy) is 1. The van der Waals surface area contributed by atoms with E-state index in [2.05, 4.69) is 20.8 Å². The summed E-state index contributed by atoms with van der Waals surface area (Å²) >= 11 is 0. The minimum atomic E-state index is 0.135. The van der Waals surface area contributed by atoms with Crippen molar-refractivity contribution >= 4 is 11.9 Å². The highest BCUT2D eigenvalue weighted by Crippen LogP contribution is 2.14. The first-order valence-electron chi connectivity index (χ1n) is 7.66. The predicted molar refractivity (Wildman–Crippen MR) is 88.3 cm³/mol. The van der Waals surface area contributed by atoms with Gasteiger partial charge in [0.15, 0.2) is 0 Å². The fraction of sp³-hybridized carbons (Fsp3) is 0.562. The summed E-state index contributed by atoms with van der Waals surface area (Å²) in [5.41, 5.74) is 0. The van der Waals surface area contributed by atoms with Crippen molar-refractivity contribution in [2.45, 2.75) is 6.42 Å². The fourth-order valence-corrected chi connectivity index (χ4v) is 2.42. The number of terminal acetylenes is 1. The second kappa shape index (κ2) is 8.34. The molecule has 1 amide bonds. The second-order valence-electron chi connectivity index (χ2n) is 5.46. The number of hydrogen-bond donors (Lipinski definition) is 0. The lowest BCUT2D eigenvalue weighted by atomic mass is 10.3. The molecular formula is C16H23N5O2. The van der Waals surface area contributed by atoms with E-state index in [1.165, 1.54) is 0 Å². The lowest BCUT2D eigenvalue weighted by Gasteiger charge is -2.35. The Hall–Kier alpha value is -2.33. The van der Waals surface area contributed by atoms with Gasteiger partial charge >= 0.3 is 0 Å². The number of carbonyl (C=O) groups excluding carboxylic acids is 1. The molecule has 1 fully saturated rings. The minimum Gasteiger partial charge on any atom is -0.481 e. The molecule has 0 aromatic carbocycles. The van der Waals surface area contributed by atoms with Crippen LogP contribution < -0.4 is 9.64 Å². The monoisotopic (exact) mass is 317 g/mol. The van der Waals surface area contributed by atoms with E-state index in [-0.39, 0.29) is 5.91 Å². The van der Waals surface area contributed by atoms with E-state index in [0.29, 0.717) is 51.0 Å². The summed E-state index contributed by atoms with van der Waals surface area (Å²) in [7, 11) is 3.50. The van der Waals surface area contributed by atoms with Gasteiger partial charge in [-0.1, -0.05) is 0 Å². The molecule has 0 unspecified atom stereocenters. The quantitative estimate of drug-likeness (QED) is 0.693. The largest absolute Gasteiger partial charge is 0.481 e. The number of amides is 1. The number of piperazine rings is 1. The van der Waals surface area contributed by atoms with E-state index in [1.54, 1.807) is 19.4 Å². The number of likely N-dealkylation sites (N-methyl/N-ethyl adjacent to an activating group) is 1. The Labute approximate surface area is 137 Å². The molecule has 1 aromatic heterocycles. The van der Waals surface area contributed by atoms with Crippen LogP contribution in [-0.2, 0) is 4.79 Å². The van der Waals surface area contributed by atoms with E-state index in [9.17, 15) is 4.79 Å². The van der Waals surface area contributed by atoms with Crippen LogP contribution >= 0.6 is 0 Å². The van der Waals surface area contributed by atoms with Gasteiger partial charge in [-0.05, 0) is 7.05 Å². The average molecular weight is 317 g/mol. The molecule has 1 aliphatic heterocycles. The van der Waals surface area contributed by atoms with Crippen molar-refractivity contribution < 1.29 is 9.53 Å². The summed E-state index contributed by atoms with van der Waals surface area (Å²) < 4.78 is 5.12. The van der Waals surface area contributed by atoms with Crippen molar-refractivity contribution in [3.63, 3.8) is 0 Å². The van der Waals surface area contributed by atoms with Crippen LogP contribution in [0, 0.1) is 12.3 Å². The van der Waals surface area contributed by atoms with E-state index in [1.807, 2.05) is 16.8 Å². The second-order valence-corrected chi connectivity index (χ2v) is 5.46. The molecule has 0 atom stereocenters. The van der Waals surface area contributed by atoms with Crippen LogP contribution in [0.25, 0.3) is 0 Å². The van der Waals surface area contributed by atoms with Crippen LogP contribution in [-0.4, -0.2) is 79.1 Å². The summed E-state index contributed by atoms with van der Waals surface area (Å²) in [6.45, 7) is 3.90. The molecular weight excluding hydrogens is 294 g/mol. The van der Waals surface area contributed by atoms with Gasteiger partial charge in [0.05, 0.1) is 13.7 Å². The van der Waals surface area contributed by atoms with Gasteiger partial charge in [-0.25, -0.2) is 4.98 Å². The van der Waals surface area contributed by atoms with Gasteiger partial charge in [-0.15, -0.1) is 12.3 Å². The summed E-state index contributed by atoms with van der Waals surface area (Å²) in [6.07, 6.45) is 7.58. The number of hydrogen-bond acceptors (Lipinski definition) is 6. The van der Waals surface area contributed by atoms with Gasteiger partial charge < -0.3 is 14.5 Å². The van der Waals surface area contributed by atoms with Crippen LogP contribution in [0.1, 0.15) is 6.42 Å². The molecule has 1 aromatic rings. The molecule has 1 aliphatic rings. The van der Waals surface area contributed by atoms with Crippen LogP contribution in [0.5, 0.6) is 5.88 Å². The van der Waals surface area contributed by atoms with Crippen LogP contribution in [0.4, 0.5) is 5.95 Å². The molecule has 23 heavy (non-hydrogen) atoms. The summed E-state index contributed by atoms with van der Waals surface area (Å²) in [6, 6.07) is 1.72. The fourth-order valence-electron chi connectivity index (χ4n) is 2.42. The molecule has 0 spiro atoms. The molecule has 7 heteroatoms. The zero-order valence-electron chi connectivity index (χ0n) is 13.7. The standard InChI is InChI=1S/C16H23N5O2/c1-4-5-8-19(2)13-15(22)20-9-11-21(12-10-20)16-17-7-6-14(18-16)23-3/h1,6-7H,5,8-13H2,2-3H3. The number of aromatic nitrogens is 2. The maximum atomic E-state index is 12.3. The third-order valence-electron chi connectivity index (χ3n) is 3.78. The van der Waals surface area contributed by atoms with Gasteiger partial charge in [-0.2, -0.15) is 4.98 Å². The van der Waals surface area contributed by atoms with Gasteiger partial charge in [0.1, 0.15) is 0 Å². The van der Waals surface area contributed by atoms with Crippen molar-refractivity contribution in [1.82, 2.24) is 19.8 Å². The van der Waals surface area contributed by atoms with Crippen molar-refractivity contribution in [1.29, 1.82) is 0 Å². The van der Waals surface area contributed by atoms with Gasteiger partial charge in [0.25, 0.3) is 0 Å². The van der Waals surface area contributed by atoms with Crippen molar-refractivity contribution in [3.8, 4) is 18.2 Å². The number of methoxy groups -OCH3 is 1. The molecule has 2 heterocycles. The van der Waals surface area contributed by atoms with E-state index < -0.39 is 0 Å². The normalized spacial score (nSPS) is 14.7. The first-order chi connectivity index (χ1) is 11.1. The Morgan fingerprint density at radius 1 is 1.43 bits per heavy atom. The number of nitrogens with zero attached hydrogens (tertiary/aromatic N) is 5. The summed E-state index contributed by atoms with van der Waals surface area (Å²) in [5, 5.41) is 0. The Balaban J connectivity index is 1.83.